The lowest BCUT2D eigenvalue weighted by molar-refractivity contribution is -0.898. The molecule has 0 heterocycles. The van der Waals surface area contributed by atoms with Gasteiger partial charge in [-0.05, 0) is 104 Å². The molecule has 9 atom stereocenters. The molecule has 0 radical (unpaired) electrons. The van der Waals surface area contributed by atoms with Crippen LogP contribution in [-0.4, -0.2) is 31.7 Å². The number of rotatable bonds is 6. The second-order valence-corrected chi connectivity index (χ2v) is 14.7. The molecule has 0 amide bonds. The summed E-state index contributed by atoms with van der Waals surface area (Å²) in [6.07, 6.45) is 18.1. The van der Waals surface area contributed by atoms with E-state index in [1.807, 2.05) is 0 Å². The summed E-state index contributed by atoms with van der Waals surface area (Å²) in [5.74, 6) is 6.94. The Labute approximate surface area is 195 Å². The summed E-state index contributed by atoms with van der Waals surface area (Å²) in [6.45, 7) is 12.9. The molecule has 180 valence electrons. The van der Waals surface area contributed by atoms with Crippen LogP contribution < -0.4 is 0 Å². The molecule has 0 saturated heterocycles. The van der Waals surface area contributed by atoms with E-state index in [1.165, 1.54) is 55.8 Å². The summed E-state index contributed by atoms with van der Waals surface area (Å²) in [5.41, 5.74) is 1.30. The fourth-order valence-corrected chi connectivity index (χ4v) is 9.96. The molecular weight excluding hydrogens is 374 g/mol. The molecule has 4 unspecified atom stereocenters. The van der Waals surface area contributed by atoms with E-state index in [2.05, 4.69) is 55.8 Å². The van der Waals surface area contributed by atoms with Gasteiger partial charge in [0.2, 0.25) is 0 Å². The van der Waals surface area contributed by atoms with Crippen LogP contribution in [0, 0.1) is 52.3 Å². The predicted molar refractivity (Wildman–Crippen MR) is 135 cm³/mol. The van der Waals surface area contributed by atoms with Gasteiger partial charge >= 0.3 is 0 Å². The Morgan fingerprint density at radius 3 is 2.13 bits per heavy atom. The van der Waals surface area contributed by atoms with Gasteiger partial charge in [-0.25, -0.2) is 0 Å². The number of hydrogen-bond donors (Lipinski definition) is 0. The largest absolute Gasteiger partial charge is 0.328 e. The minimum atomic E-state index is 0.650. The first-order chi connectivity index (χ1) is 14.5. The Kier molecular flexibility index (Phi) is 6.71. The molecule has 0 aromatic heterocycles. The van der Waals surface area contributed by atoms with Crippen molar-refractivity contribution in [1.82, 2.24) is 0 Å². The van der Waals surface area contributed by atoms with E-state index in [9.17, 15) is 0 Å². The third kappa shape index (κ3) is 4.28. The lowest BCUT2D eigenvalue weighted by atomic mass is 9.44. The molecule has 4 rings (SSSR count). The van der Waals surface area contributed by atoms with Gasteiger partial charge in [-0.15, -0.1) is 0 Å². The average molecular weight is 431 g/mol. The number of nitrogens with zero attached hydrogens (tertiary/aromatic N) is 1. The highest BCUT2D eigenvalue weighted by Crippen LogP contribution is 2.68. The molecule has 0 aromatic carbocycles. The summed E-state index contributed by atoms with van der Waals surface area (Å²) < 4.78 is 1.18. The second-order valence-electron chi connectivity index (χ2n) is 14.7. The van der Waals surface area contributed by atoms with E-state index in [0.29, 0.717) is 10.8 Å². The summed E-state index contributed by atoms with van der Waals surface area (Å²) in [5, 5.41) is 0. The zero-order valence-corrected chi connectivity index (χ0v) is 22.6. The van der Waals surface area contributed by atoms with Gasteiger partial charge in [0.1, 0.15) is 0 Å². The Hall–Kier alpha value is -0.0400. The predicted octanol–water partition coefficient (Wildman–Crippen LogP) is 8.18. The van der Waals surface area contributed by atoms with Crippen LogP contribution in [0.2, 0.25) is 0 Å². The summed E-state index contributed by atoms with van der Waals surface area (Å²) in [4.78, 5) is 0. The summed E-state index contributed by atoms with van der Waals surface area (Å²) in [7, 11) is 7.31. The first kappa shape index (κ1) is 24.1. The van der Waals surface area contributed by atoms with E-state index in [1.54, 1.807) is 25.7 Å². The first-order valence-electron chi connectivity index (χ1n) is 14.3. The molecule has 0 aliphatic heterocycles. The van der Waals surface area contributed by atoms with Crippen molar-refractivity contribution >= 4 is 0 Å². The molecule has 0 aromatic rings. The van der Waals surface area contributed by atoms with E-state index in [-0.39, 0.29) is 0 Å². The van der Waals surface area contributed by atoms with Crippen LogP contribution in [0.3, 0.4) is 0 Å². The van der Waals surface area contributed by atoms with Crippen LogP contribution in [-0.2, 0) is 0 Å². The Balaban J connectivity index is 1.45. The van der Waals surface area contributed by atoms with E-state index >= 15 is 0 Å². The van der Waals surface area contributed by atoms with Crippen LogP contribution in [0.4, 0.5) is 0 Å². The lowest BCUT2D eigenvalue weighted by Crippen LogP contribution is -2.57. The van der Waals surface area contributed by atoms with Crippen molar-refractivity contribution < 1.29 is 4.48 Å². The average Bonchev–Trinajstić information content (AvgIpc) is 3.03. The fourth-order valence-electron chi connectivity index (χ4n) is 9.96. The maximum Gasteiger partial charge on any atom is 0.0887 e. The monoisotopic (exact) mass is 430 g/mol. The van der Waals surface area contributed by atoms with Crippen molar-refractivity contribution in [3.63, 3.8) is 0 Å². The van der Waals surface area contributed by atoms with Crippen LogP contribution in [0.5, 0.6) is 0 Å². The van der Waals surface area contributed by atoms with Gasteiger partial charge in [0, 0.05) is 6.42 Å². The van der Waals surface area contributed by atoms with Crippen molar-refractivity contribution in [1.29, 1.82) is 0 Å². The molecule has 1 nitrogen and oxygen atoms in total. The maximum absolute atomic E-state index is 2.76. The quantitative estimate of drug-likeness (QED) is 0.373. The van der Waals surface area contributed by atoms with Crippen molar-refractivity contribution in [3.05, 3.63) is 0 Å². The Bertz CT molecular complexity index is 616. The molecule has 31 heavy (non-hydrogen) atoms. The van der Waals surface area contributed by atoms with Crippen molar-refractivity contribution in [2.75, 3.05) is 21.1 Å². The lowest BCUT2D eigenvalue weighted by Gasteiger charge is -2.62. The van der Waals surface area contributed by atoms with Gasteiger partial charge in [-0.3, -0.25) is 0 Å². The topological polar surface area (TPSA) is 0 Å². The molecule has 4 aliphatic rings. The third-order valence-corrected chi connectivity index (χ3v) is 11.9. The maximum atomic E-state index is 2.76. The normalized spacial score (nSPS) is 46.4. The molecule has 4 fully saturated rings. The van der Waals surface area contributed by atoms with Crippen molar-refractivity contribution in [2.24, 2.45) is 52.3 Å². The standard InChI is InChI=1S/C30H56N/c1-21(2)10-9-11-22(3)26-14-15-27-25-13-12-23-20-24(31(6,7)8)16-18-29(23,4)28(25)17-19-30(26,27)5/h21-28H,9-20H2,1-8H3/q+1/t22-,23?,24+,25?,26-,27?,28?,29+,30-/m1/s1. The summed E-state index contributed by atoms with van der Waals surface area (Å²) in [6, 6.07) is 0.894. The fraction of sp³-hybridized carbons (Fsp3) is 1.00. The molecule has 0 N–H and O–H groups in total. The molecule has 1 heteroatoms. The highest BCUT2D eigenvalue weighted by molar-refractivity contribution is 5.09. The first-order valence-corrected chi connectivity index (χ1v) is 14.3. The van der Waals surface area contributed by atoms with Crippen LogP contribution in [0.15, 0.2) is 0 Å². The summed E-state index contributed by atoms with van der Waals surface area (Å²) >= 11 is 0. The molecule has 0 bridgehead atoms. The van der Waals surface area contributed by atoms with E-state index < -0.39 is 0 Å². The number of quaternary nitrogens is 1. The minimum Gasteiger partial charge on any atom is -0.328 e. The van der Waals surface area contributed by atoms with Gasteiger partial charge < -0.3 is 4.48 Å². The van der Waals surface area contributed by atoms with Gasteiger partial charge in [0.25, 0.3) is 0 Å². The van der Waals surface area contributed by atoms with Gasteiger partial charge in [0.05, 0.1) is 27.2 Å². The number of hydrogen-bond acceptors (Lipinski definition) is 0. The Morgan fingerprint density at radius 2 is 1.45 bits per heavy atom. The molecule has 0 spiro atoms. The van der Waals surface area contributed by atoms with E-state index in [4.69, 9.17) is 0 Å². The molecular formula is C30H56N+. The highest BCUT2D eigenvalue weighted by atomic mass is 15.3. The minimum absolute atomic E-state index is 0.650. The van der Waals surface area contributed by atoms with Crippen LogP contribution in [0.1, 0.15) is 112 Å². The van der Waals surface area contributed by atoms with Gasteiger partial charge in [0.15, 0.2) is 0 Å². The highest BCUT2D eigenvalue weighted by Gasteiger charge is 2.61. The van der Waals surface area contributed by atoms with Crippen LogP contribution >= 0.6 is 0 Å². The third-order valence-electron chi connectivity index (χ3n) is 11.9. The molecule has 4 aliphatic carbocycles. The van der Waals surface area contributed by atoms with Gasteiger partial charge in [-0.1, -0.05) is 53.9 Å². The molecule has 4 saturated carbocycles. The zero-order valence-electron chi connectivity index (χ0n) is 22.6. The van der Waals surface area contributed by atoms with Crippen molar-refractivity contribution in [2.45, 2.75) is 118 Å². The van der Waals surface area contributed by atoms with Gasteiger partial charge in [-0.2, -0.15) is 0 Å². The zero-order chi connectivity index (χ0) is 22.6. The smallest absolute Gasteiger partial charge is 0.0887 e. The number of fused-ring (bicyclic) bond motifs is 5. The van der Waals surface area contributed by atoms with E-state index in [0.717, 1.165) is 47.5 Å². The SMILES string of the molecule is CC(C)CCC[C@@H](C)[C@H]1CCC2C3CCC4C[C@@H]([N+](C)(C)C)CC[C@]4(C)C3CC[C@@]21C. The second kappa shape index (κ2) is 8.63. The Morgan fingerprint density at radius 1 is 0.774 bits per heavy atom. The van der Waals surface area contributed by atoms with Crippen molar-refractivity contribution in [3.8, 4) is 0 Å². The van der Waals surface area contributed by atoms with Crippen LogP contribution in [0.25, 0.3) is 0 Å².